The van der Waals surface area contributed by atoms with Crippen LogP contribution in [0, 0.1) is 5.92 Å². The SMILES string of the molecule is c1nc(NCCC2CCCNC2)c2sccc2n1. The molecule has 2 aromatic rings. The molecule has 1 aliphatic heterocycles. The van der Waals surface area contributed by atoms with Gasteiger partial charge in [0.15, 0.2) is 0 Å². The highest BCUT2D eigenvalue weighted by molar-refractivity contribution is 7.17. The molecule has 0 radical (unpaired) electrons. The number of nitrogens with one attached hydrogen (secondary N) is 2. The smallest absolute Gasteiger partial charge is 0.147 e. The fourth-order valence-corrected chi connectivity index (χ4v) is 3.29. The fraction of sp³-hybridized carbons (Fsp3) is 0.538. The second-order valence-electron chi connectivity index (χ2n) is 4.79. The molecule has 1 fully saturated rings. The molecular weight excluding hydrogens is 244 g/mol. The highest BCUT2D eigenvalue weighted by Gasteiger charge is 2.12. The van der Waals surface area contributed by atoms with Gasteiger partial charge in [-0.15, -0.1) is 11.3 Å². The molecule has 1 saturated heterocycles. The van der Waals surface area contributed by atoms with E-state index in [2.05, 4.69) is 26.0 Å². The molecule has 0 bridgehead atoms. The lowest BCUT2D eigenvalue weighted by Crippen LogP contribution is -2.30. The topological polar surface area (TPSA) is 49.8 Å². The summed E-state index contributed by atoms with van der Waals surface area (Å²) in [5.74, 6) is 1.80. The summed E-state index contributed by atoms with van der Waals surface area (Å²) in [6.45, 7) is 3.35. The Labute approximate surface area is 111 Å². The van der Waals surface area contributed by atoms with Crippen molar-refractivity contribution in [2.75, 3.05) is 25.0 Å². The van der Waals surface area contributed by atoms with Crippen molar-refractivity contribution < 1.29 is 0 Å². The van der Waals surface area contributed by atoms with Crippen LogP contribution in [0.3, 0.4) is 0 Å². The molecular formula is C13H18N4S. The van der Waals surface area contributed by atoms with Gasteiger partial charge in [0.05, 0.1) is 10.2 Å². The van der Waals surface area contributed by atoms with Crippen LogP contribution in [0.5, 0.6) is 0 Å². The normalized spacial score (nSPS) is 20.1. The minimum absolute atomic E-state index is 0.812. The second-order valence-corrected chi connectivity index (χ2v) is 5.70. The Bertz CT molecular complexity index is 504. The minimum atomic E-state index is 0.812. The first-order valence-electron chi connectivity index (χ1n) is 6.56. The van der Waals surface area contributed by atoms with Crippen molar-refractivity contribution in [2.24, 2.45) is 5.92 Å². The van der Waals surface area contributed by atoms with Gasteiger partial charge in [-0.3, -0.25) is 0 Å². The highest BCUT2D eigenvalue weighted by atomic mass is 32.1. The number of nitrogens with zero attached hydrogens (tertiary/aromatic N) is 2. The first-order valence-corrected chi connectivity index (χ1v) is 7.44. The quantitative estimate of drug-likeness (QED) is 0.889. The summed E-state index contributed by atoms with van der Waals surface area (Å²) in [7, 11) is 0. The van der Waals surface area contributed by atoms with Gasteiger partial charge in [-0.25, -0.2) is 9.97 Å². The second kappa shape index (κ2) is 5.63. The van der Waals surface area contributed by atoms with E-state index in [1.54, 1.807) is 17.7 Å². The van der Waals surface area contributed by atoms with Crippen LogP contribution in [0.15, 0.2) is 17.8 Å². The van der Waals surface area contributed by atoms with Crippen molar-refractivity contribution in [3.05, 3.63) is 17.8 Å². The van der Waals surface area contributed by atoms with Crippen molar-refractivity contribution in [3.8, 4) is 0 Å². The van der Waals surface area contributed by atoms with Gasteiger partial charge in [-0.1, -0.05) is 0 Å². The molecule has 96 valence electrons. The summed E-state index contributed by atoms with van der Waals surface area (Å²) < 4.78 is 1.17. The van der Waals surface area contributed by atoms with E-state index in [4.69, 9.17) is 0 Å². The molecule has 0 spiro atoms. The average Bonchev–Trinajstić information content (AvgIpc) is 2.89. The van der Waals surface area contributed by atoms with Crippen LogP contribution in [0.25, 0.3) is 10.2 Å². The van der Waals surface area contributed by atoms with Crippen LogP contribution in [0.2, 0.25) is 0 Å². The largest absolute Gasteiger partial charge is 0.369 e. The maximum Gasteiger partial charge on any atom is 0.147 e. The van der Waals surface area contributed by atoms with Crippen LogP contribution >= 0.6 is 11.3 Å². The van der Waals surface area contributed by atoms with Gasteiger partial charge in [-0.05, 0) is 49.7 Å². The van der Waals surface area contributed by atoms with Gasteiger partial charge in [0.2, 0.25) is 0 Å². The summed E-state index contributed by atoms with van der Waals surface area (Å²) in [6, 6.07) is 2.04. The maximum atomic E-state index is 4.33. The molecule has 0 saturated carbocycles. The van der Waals surface area contributed by atoms with E-state index >= 15 is 0 Å². The Morgan fingerprint density at radius 3 is 3.33 bits per heavy atom. The molecule has 18 heavy (non-hydrogen) atoms. The van der Waals surface area contributed by atoms with E-state index in [1.807, 2.05) is 6.07 Å². The Kier molecular flexibility index (Phi) is 3.71. The summed E-state index contributed by atoms with van der Waals surface area (Å²) in [6.07, 6.45) is 5.52. The van der Waals surface area contributed by atoms with E-state index in [9.17, 15) is 0 Å². The number of fused-ring (bicyclic) bond motifs is 1. The standard InChI is InChI=1S/C13H18N4S/c1-2-10(8-14-5-1)3-6-15-13-12-11(4-7-18-12)16-9-17-13/h4,7,9-10,14H,1-3,5-6,8H2,(H,15,16,17). The molecule has 5 heteroatoms. The zero-order valence-corrected chi connectivity index (χ0v) is 11.2. The summed E-state index contributed by atoms with van der Waals surface area (Å²) in [4.78, 5) is 8.58. The molecule has 2 N–H and O–H groups in total. The third-order valence-corrected chi connectivity index (χ3v) is 4.40. The number of rotatable bonds is 4. The van der Waals surface area contributed by atoms with Crippen LogP contribution in [-0.2, 0) is 0 Å². The Hall–Kier alpha value is -1.20. The lowest BCUT2D eigenvalue weighted by atomic mass is 9.96. The lowest BCUT2D eigenvalue weighted by Gasteiger charge is -2.22. The number of thiophene rings is 1. The molecule has 2 aromatic heterocycles. The van der Waals surface area contributed by atoms with Gasteiger partial charge < -0.3 is 10.6 Å². The molecule has 4 nitrogen and oxygen atoms in total. The number of hydrogen-bond donors (Lipinski definition) is 2. The van der Waals surface area contributed by atoms with E-state index < -0.39 is 0 Å². The van der Waals surface area contributed by atoms with Gasteiger partial charge in [-0.2, -0.15) is 0 Å². The van der Waals surface area contributed by atoms with Crippen molar-refractivity contribution >= 4 is 27.4 Å². The Morgan fingerprint density at radius 2 is 2.44 bits per heavy atom. The molecule has 1 aliphatic rings. The summed E-state index contributed by atoms with van der Waals surface area (Å²) in [5, 5.41) is 8.98. The monoisotopic (exact) mass is 262 g/mol. The van der Waals surface area contributed by atoms with Gasteiger partial charge in [0.25, 0.3) is 0 Å². The number of piperidine rings is 1. The van der Waals surface area contributed by atoms with Crippen LogP contribution in [0.1, 0.15) is 19.3 Å². The first-order chi connectivity index (χ1) is 8.93. The summed E-state index contributed by atoms with van der Waals surface area (Å²) >= 11 is 1.70. The molecule has 1 atom stereocenters. The van der Waals surface area contributed by atoms with Crippen LogP contribution < -0.4 is 10.6 Å². The zero-order valence-electron chi connectivity index (χ0n) is 10.4. The van der Waals surface area contributed by atoms with Gasteiger partial charge in [0, 0.05) is 6.54 Å². The average molecular weight is 262 g/mol. The van der Waals surface area contributed by atoms with Crippen molar-refractivity contribution in [3.63, 3.8) is 0 Å². The predicted octanol–water partition coefficient (Wildman–Crippen LogP) is 2.49. The predicted molar refractivity (Wildman–Crippen MR) is 76.1 cm³/mol. The maximum absolute atomic E-state index is 4.33. The Balaban J connectivity index is 1.57. The highest BCUT2D eigenvalue weighted by Crippen LogP contribution is 2.25. The summed E-state index contributed by atoms with van der Waals surface area (Å²) in [5.41, 5.74) is 1.04. The van der Waals surface area contributed by atoms with Crippen molar-refractivity contribution in [1.82, 2.24) is 15.3 Å². The van der Waals surface area contributed by atoms with Crippen LogP contribution in [-0.4, -0.2) is 29.6 Å². The molecule has 0 amide bonds. The fourth-order valence-electron chi connectivity index (χ4n) is 2.48. The lowest BCUT2D eigenvalue weighted by molar-refractivity contribution is 0.364. The number of hydrogen-bond acceptors (Lipinski definition) is 5. The third kappa shape index (κ3) is 2.62. The van der Waals surface area contributed by atoms with Crippen molar-refractivity contribution in [2.45, 2.75) is 19.3 Å². The number of aromatic nitrogens is 2. The van der Waals surface area contributed by atoms with Crippen LogP contribution in [0.4, 0.5) is 5.82 Å². The molecule has 3 rings (SSSR count). The van der Waals surface area contributed by atoms with E-state index in [1.165, 1.54) is 37.1 Å². The van der Waals surface area contributed by atoms with E-state index in [0.717, 1.165) is 23.8 Å². The molecule has 3 heterocycles. The van der Waals surface area contributed by atoms with Crippen molar-refractivity contribution in [1.29, 1.82) is 0 Å². The number of anilines is 1. The van der Waals surface area contributed by atoms with Gasteiger partial charge >= 0.3 is 0 Å². The molecule has 1 unspecified atom stereocenters. The Morgan fingerprint density at radius 1 is 1.44 bits per heavy atom. The van der Waals surface area contributed by atoms with E-state index in [-0.39, 0.29) is 0 Å². The first kappa shape index (κ1) is 11.9. The van der Waals surface area contributed by atoms with E-state index in [0.29, 0.717) is 0 Å². The minimum Gasteiger partial charge on any atom is -0.369 e. The zero-order chi connectivity index (χ0) is 12.2. The molecule has 0 aliphatic carbocycles. The third-order valence-electron chi connectivity index (χ3n) is 3.49. The molecule has 0 aromatic carbocycles. The van der Waals surface area contributed by atoms with Gasteiger partial charge in [0.1, 0.15) is 12.1 Å².